The molecule has 20 heavy (non-hydrogen) atoms. The van der Waals surface area contributed by atoms with Crippen molar-refractivity contribution in [3.8, 4) is 11.4 Å². The fourth-order valence-corrected chi connectivity index (χ4v) is 2.91. The summed E-state index contributed by atoms with van der Waals surface area (Å²) in [5.41, 5.74) is 6.39. The molecule has 0 unspecified atom stereocenters. The highest BCUT2D eigenvalue weighted by Crippen LogP contribution is 2.35. The van der Waals surface area contributed by atoms with Gasteiger partial charge in [0.15, 0.2) is 17.5 Å². The van der Waals surface area contributed by atoms with Crippen molar-refractivity contribution in [3.05, 3.63) is 29.6 Å². The molecular formula is C14H16F2N4. The molecule has 1 aromatic heterocycles. The highest BCUT2D eigenvalue weighted by Gasteiger charge is 2.24. The lowest BCUT2D eigenvalue weighted by Crippen LogP contribution is -2.09. The standard InChI is InChI=1S/C14H16F2N4/c1-8-18-19-14(20(8)9-4-2-3-5-9)10-6-11(15)12(16)7-13(10)17/h6-7,9H,2-5,17H2,1H3. The van der Waals surface area contributed by atoms with Crippen LogP contribution in [0.5, 0.6) is 0 Å². The zero-order chi connectivity index (χ0) is 14.3. The molecule has 6 heteroatoms. The molecule has 1 aliphatic rings. The van der Waals surface area contributed by atoms with Crippen LogP contribution in [0.15, 0.2) is 12.1 Å². The van der Waals surface area contributed by atoms with Crippen molar-refractivity contribution < 1.29 is 8.78 Å². The van der Waals surface area contributed by atoms with Gasteiger partial charge in [0.05, 0.1) is 0 Å². The van der Waals surface area contributed by atoms with Crippen LogP contribution in [-0.2, 0) is 0 Å². The lowest BCUT2D eigenvalue weighted by molar-refractivity contribution is 0.504. The molecule has 4 nitrogen and oxygen atoms in total. The van der Waals surface area contributed by atoms with Crippen molar-refractivity contribution in [2.24, 2.45) is 0 Å². The third-order valence-corrected chi connectivity index (χ3v) is 3.89. The molecule has 1 fully saturated rings. The minimum atomic E-state index is -0.949. The molecule has 0 aliphatic heterocycles. The first-order valence-corrected chi connectivity index (χ1v) is 6.74. The van der Waals surface area contributed by atoms with Gasteiger partial charge in [0.1, 0.15) is 5.82 Å². The van der Waals surface area contributed by atoms with E-state index >= 15 is 0 Å². The van der Waals surface area contributed by atoms with Gasteiger partial charge in [-0.15, -0.1) is 10.2 Å². The monoisotopic (exact) mass is 278 g/mol. The molecule has 106 valence electrons. The summed E-state index contributed by atoms with van der Waals surface area (Å²) in [7, 11) is 0. The first-order valence-electron chi connectivity index (χ1n) is 6.74. The Balaban J connectivity index is 2.13. The van der Waals surface area contributed by atoms with Crippen molar-refractivity contribution in [3.63, 3.8) is 0 Å². The van der Waals surface area contributed by atoms with Crippen LogP contribution in [0.1, 0.15) is 37.5 Å². The smallest absolute Gasteiger partial charge is 0.166 e. The van der Waals surface area contributed by atoms with Crippen LogP contribution < -0.4 is 5.73 Å². The molecule has 0 amide bonds. The average Bonchev–Trinajstić information content (AvgIpc) is 3.03. The van der Waals surface area contributed by atoms with E-state index < -0.39 is 11.6 Å². The number of nitrogens with two attached hydrogens (primary N) is 1. The largest absolute Gasteiger partial charge is 0.398 e. The Kier molecular flexibility index (Phi) is 3.16. The van der Waals surface area contributed by atoms with Gasteiger partial charge in [-0.05, 0) is 25.8 Å². The van der Waals surface area contributed by atoms with E-state index in [4.69, 9.17) is 5.73 Å². The molecule has 1 aliphatic carbocycles. The minimum absolute atomic E-state index is 0.176. The van der Waals surface area contributed by atoms with Gasteiger partial charge >= 0.3 is 0 Å². The van der Waals surface area contributed by atoms with Crippen LogP contribution in [0.4, 0.5) is 14.5 Å². The number of aromatic nitrogens is 3. The number of hydrogen-bond donors (Lipinski definition) is 1. The van der Waals surface area contributed by atoms with Crippen molar-refractivity contribution in [2.45, 2.75) is 38.6 Å². The predicted octanol–water partition coefficient (Wildman–Crippen LogP) is 3.23. The van der Waals surface area contributed by atoms with Gasteiger partial charge in [-0.25, -0.2) is 8.78 Å². The number of halogens is 2. The fourth-order valence-electron chi connectivity index (χ4n) is 2.91. The summed E-state index contributed by atoms with van der Waals surface area (Å²) in [6.45, 7) is 1.87. The molecule has 0 saturated heterocycles. The summed E-state index contributed by atoms with van der Waals surface area (Å²) < 4.78 is 28.7. The number of anilines is 1. The zero-order valence-electron chi connectivity index (χ0n) is 11.2. The maximum atomic E-state index is 13.5. The van der Waals surface area contributed by atoms with Crippen LogP contribution in [0.2, 0.25) is 0 Å². The van der Waals surface area contributed by atoms with Crippen LogP contribution in [0.25, 0.3) is 11.4 Å². The van der Waals surface area contributed by atoms with E-state index in [1.54, 1.807) is 0 Å². The first-order chi connectivity index (χ1) is 9.58. The Labute approximate surface area is 115 Å². The van der Waals surface area contributed by atoms with E-state index in [-0.39, 0.29) is 5.69 Å². The Morgan fingerprint density at radius 2 is 1.80 bits per heavy atom. The highest BCUT2D eigenvalue weighted by molar-refractivity contribution is 5.72. The van der Waals surface area contributed by atoms with Gasteiger partial charge in [-0.3, -0.25) is 0 Å². The van der Waals surface area contributed by atoms with Crippen molar-refractivity contribution in [1.29, 1.82) is 0 Å². The van der Waals surface area contributed by atoms with Gasteiger partial charge in [-0.1, -0.05) is 12.8 Å². The van der Waals surface area contributed by atoms with E-state index in [2.05, 4.69) is 10.2 Å². The van der Waals surface area contributed by atoms with Crippen molar-refractivity contribution in [1.82, 2.24) is 14.8 Å². The van der Waals surface area contributed by atoms with Gasteiger partial charge < -0.3 is 10.3 Å². The SMILES string of the molecule is Cc1nnc(-c2cc(F)c(F)cc2N)n1C1CCCC1. The normalized spacial score (nSPS) is 15.9. The Hall–Kier alpha value is -1.98. The van der Waals surface area contributed by atoms with Crippen molar-refractivity contribution >= 4 is 5.69 Å². The second-order valence-electron chi connectivity index (χ2n) is 5.23. The Bertz CT molecular complexity index is 645. The molecule has 3 rings (SSSR count). The van der Waals surface area contributed by atoms with Crippen molar-refractivity contribution in [2.75, 3.05) is 5.73 Å². The number of nitrogens with zero attached hydrogens (tertiary/aromatic N) is 3. The topological polar surface area (TPSA) is 56.7 Å². The number of nitrogen functional groups attached to an aromatic ring is 1. The highest BCUT2D eigenvalue weighted by atomic mass is 19.2. The second kappa shape index (κ2) is 4.85. The first kappa shape index (κ1) is 13.0. The molecule has 1 aromatic carbocycles. The van der Waals surface area contributed by atoms with E-state index in [0.717, 1.165) is 43.6 Å². The van der Waals surface area contributed by atoms with Crippen LogP contribution in [0, 0.1) is 18.6 Å². The van der Waals surface area contributed by atoms with Gasteiger partial charge in [0.25, 0.3) is 0 Å². The summed E-state index contributed by atoms with van der Waals surface area (Å²) >= 11 is 0. The average molecular weight is 278 g/mol. The van der Waals surface area contributed by atoms with Gasteiger partial charge in [0, 0.05) is 23.4 Å². The second-order valence-corrected chi connectivity index (χ2v) is 5.23. The summed E-state index contributed by atoms with van der Waals surface area (Å²) in [5, 5.41) is 8.18. The van der Waals surface area contributed by atoms with E-state index in [1.807, 2.05) is 11.5 Å². The minimum Gasteiger partial charge on any atom is -0.398 e. The van der Waals surface area contributed by atoms with Gasteiger partial charge in [-0.2, -0.15) is 0 Å². The molecule has 2 aromatic rings. The summed E-state index contributed by atoms with van der Waals surface area (Å²) in [6, 6.07) is 2.40. The summed E-state index contributed by atoms with van der Waals surface area (Å²) in [5.74, 6) is -0.579. The predicted molar refractivity (Wildman–Crippen MR) is 72.0 cm³/mol. The van der Waals surface area contributed by atoms with Crippen LogP contribution in [-0.4, -0.2) is 14.8 Å². The number of aryl methyl sites for hydroxylation is 1. The molecule has 0 bridgehead atoms. The fraction of sp³-hybridized carbons (Fsp3) is 0.429. The number of benzene rings is 1. The Morgan fingerprint density at radius 1 is 1.15 bits per heavy atom. The lowest BCUT2D eigenvalue weighted by Gasteiger charge is -2.16. The van der Waals surface area contributed by atoms with E-state index in [0.29, 0.717) is 17.4 Å². The third-order valence-electron chi connectivity index (χ3n) is 3.89. The molecular weight excluding hydrogens is 262 g/mol. The molecule has 0 radical (unpaired) electrons. The molecule has 0 atom stereocenters. The molecule has 2 N–H and O–H groups in total. The maximum Gasteiger partial charge on any atom is 0.166 e. The zero-order valence-corrected chi connectivity index (χ0v) is 11.2. The van der Waals surface area contributed by atoms with Crippen LogP contribution in [0.3, 0.4) is 0 Å². The quantitative estimate of drug-likeness (QED) is 0.858. The lowest BCUT2D eigenvalue weighted by atomic mass is 10.1. The van der Waals surface area contributed by atoms with E-state index in [1.165, 1.54) is 0 Å². The van der Waals surface area contributed by atoms with E-state index in [9.17, 15) is 8.78 Å². The maximum absolute atomic E-state index is 13.5. The van der Waals surface area contributed by atoms with Crippen LogP contribution >= 0.6 is 0 Å². The number of hydrogen-bond acceptors (Lipinski definition) is 3. The Morgan fingerprint density at radius 3 is 2.50 bits per heavy atom. The van der Waals surface area contributed by atoms with Gasteiger partial charge in [0.2, 0.25) is 0 Å². The number of rotatable bonds is 2. The molecule has 1 heterocycles. The molecule has 0 spiro atoms. The summed E-state index contributed by atoms with van der Waals surface area (Å²) in [6.07, 6.45) is 4.43. The summed E-state index contributed by atoms with van der Waals surface area (Å²) in [4.78, 5) is 0. The molecule has 1 saturated carbocycles. The third kappa shape index (κ3) is 2.05.